The first-order valence-electron chi connectivity index (χ1n) is 6.55. The minimum Gasteiger partial charge on any atom is -0.396 e. The van der Waals surface area contributed by atoms with Gasteiger partial charge in [0.05, 0.1) is 0 Å². The second kappa shape index (κ2) is 6.33. The van der Waals surface area contributed by atoms with Gasteiger partial charge in [-0.2, -0.15) is 0 Å². The van der Waals surface area contributed by atoms with Gasteiger partial charge in [0, 0.05) is 29.5 Å². The summed E-state index contributed by atoms with van der Waals surface area (Å²) in [4.78, 5) is 1.31. The lowest BCUT2D eigenvalue weighted by Gasteiger charge is -2.34. The van der Waals surface area contributed by atoms with Crippen LogP contribution in [-0.4, -0.2) is 11.7 Å². The number of hydrogen-bond donors (Lipinski definition) is 2. The third-order valence-corrected chi connectivity index (χ3v) is 4.26. The molecule has 0 spiro atoms. The van der Waals surface area contributed by atoms with Gasteiger partial charge >= 0.3 is 0 Å². The molecular formula is C16H21NOS. The molecule has 2 nitrogen and oxygen atoms in total. The predicted molar refractivity (Wildman–Crippen MR) is 81.2 cm³/mol. The summed E-state index contributed by atoms with van der Waals surface area (Å²) in [7, 11) is 0. The molecule has 0 aliphatic heterocycles. The molecule has 0 fully saturated rings. The highest BCUT2D eigenvalue weighted by Crippen LogP contribution is 2.33. The van der Waals surface area contributed by atoms with Crippen LogP contribution in [0.15, 0.2) is 47.8 Å². The Hall–Kier alpha value is -1.16. The summed E-state index contributed by atoms with van der Waals surface area (Å²) in [6.45, 7) is 5.17. The number of rotatable bonds is 6. The van der Waals surface area contributed by atoms with Crippen molar-refractivity contribution in [2.24, 2.45) is 5.41 Å². The minimum absolute atomic E-state index is 0.140. The number of aliphatic hydroxyl groups excluding tert-OH is 1. The predicted octanol–water partition coefficient (Wildman–Crippen LogP) is 3.60. The largest absolute Gasteiger partial charge is 0.396 e. The molecule has 0 bridgehead atoms. The molecule has 0 saturated heterocycles. The van der Waals surface area contributed by atoms with E-state index >= 15 is 0 Å². The van der Waals surface area contributed by atoms with Gasteiger partial charge in [0.15, 0.2) is 0 Å². The molecule has 2 aromatic rings. The second-order valence-corrected chi connectivity index (χ2v) is 6.48. The third kappa shape index (κ3) is 3.66. The first kappa shape index (κ1) is 14.3. The number of aliphatic hydroxyl groups is 1. The van der Waals surface area contributed by atoms with Gasteiger partial charge in [-0.05, 0) is 17.0 Å². The molecule has 1 aromatic heterocycles. The molecule has 102 valence electrons. The summed E-state index contributed by atoms with van der Waals surface area (Å²) < 4.78 is 0. The highest BCUT2D eigenvalue weighted by molar-refractivity contribution is 7.09. The molecule has 0 aliphatic carbocycles. The molecule has 2 N–H and O–H groups in total. The van der Waals surface area contributed by atoms with Crippen molar-refractivity contribution >= 4 is 11.3 Å². The van der Waals surface area contributed by atoms with E-state index in [0.717, 1.165) is 6.54 Å². The highest BCUT2D eigenvalue weighted by Gasteiger charge is 2.29. The van der Waals surface area contributed by atoms with Crippen molar-refractivity contribution in [1.29, 1.82) is 0 Å². The van der Waals surface area contributed by atoms with E-state index < -0.39 is 0 Å². The van der Waals surface area contributed by atoms with Crippen molar-refractivity contribution in [3.63, 3.8) is 0 Å². The SMILES string of the molecule is CC(C)(CO)[C@H](NCc1cccs1)c1ccccc1. The van der Waals surface area contributed by atoms with E-state index in [4.69, 9.17) is 0 Å². The van der Waals surface area contributed by atoms with Gasteiger partial charge in [0.2, 0.25) is 0 Å². The fourth-order valence-corrected chi connectivity index (χ4v) is 2.85. The highest BCUT2D eigenvalue weighted by atomic mass is 32.1. The number of hydrogen-bond acceptors (Lipinski definition) is 3. The Kier molecular flexibility index (Phi) is 4.75. The number of benzene rings is 1. The van der Waals surface area contributed by atoms with Crippen molar-refractivity contribution in [1.82, 2.24) is 5.32 Å². The van der Waals surface area contributed by atoms with E-state index in [9.17, 15) is 5.11 Å². The molecule has 0 amide bonds. The molecule has 2 rings (SSSR count). The molecule has 0 radical (unpaired) electrons. The van der Waals surface area contributed by atoms with Crippen LogP contribution in [0.3, 0.4) is 0 Å². The van der Waals surface area contributed by atoms with Crippen molar-refractivity contribution in [2.45, 2.75) is 26.4 Å². The van der Waals surface area contributed by atoms with E-state index in [1.807, 2.05) is 18.2 Å². The zero-order valence-electron chi connectivity index (χ0n) is 11.5. The van der Waals surface area contributed by atoms with Gasteiger partial charge < -0.3 is 10.4 Å². The summed E-state index contributed by atoms with van der Waals surface area (Å²) in [5.74, 6) is 0. The molecule has 1 atom stereocenters. The van der Waals surface area contributed by atoms with Crippen molar-refractivity contribution < 1.29 is 5.11 Å². The zero-order valence-corrected chi connectivity index (χ0v) is 12.3. The maximum Gasteiger partial charge on any atom is 0.0500 e. The Balaban J connectivity index is 2.15. The van der Waals surface area contributed by atoms with E-state index in [0.29, 0.717) is 0 Å². The van der Waals surface area contributed by atoms with Crippen molar-refractivity contribution in [2.75, 3.05) is 6.61 Å². The van der Waals surface area contributed by atoms with Gasteiger partial charge in [0.1, 0.15) is 0 Å². The van der Waals surface area contributed by atoms with Gasteiger partial charge in [0.25, 0.3) is 0 Å². The van der Waals surface area contributed by atoms with Crippen LogP contribution in [0.25, 0.3) is 0 Å². The zero-order chi connectivity index (χ0) is 13.7. The molecule has 3 heteroatoms. The maximum atomic E-state index is 9.65. The van der Waals surface area contributed by atoms with Crippen LogP contribution < -0.4 is 5.32 Å². The summed E-state index contributed by atoms with van der Waals surface area (Å²) in [6, 6.07) is 14.7. The smallest absolute Gasteiger partial charge is 0.0500 e. The van der Waals surface area contributed by atoms with E-state index in [1.54, 1.807) is 11.3 Å². The van der Waals surface area contributed by atoms with Crippen LogP contribution in [0.4, 0.5) is 0 Å². The quantitative estimate of drug-likeness (QED) is 0.844. The Labute approximate surface area is 119 Å². The van der Waals surface area contributed by atoms with Crippen LogP contribution in [0.5, 0.6) is 0 Å². The third-order valence-electron chi connectivity index (χ3n) is 3.38. The van der Waals surface area contributed by atoms with Crippen molar-refractivity contribution in [3.8, 4) is 0 Å². The van der Waals surface area contributed by atoms with Crippen LogP contribution in [0.2, 0.25) is 0 Å². The average Bonchev–Trinajstić information content (AvgIpc) is 2.93. The first-order chi connectivity index (χ1) is 9.13. The number of thiophene rings is 1. The van der Waals surface area contributed by atoms with Gasteiger partial charge in [-0.1, -0.05) is 50.2 Å². The summed E-state index contributed by atoms with van der Waals surface area (Å²) in [5.41, 5.74) is 1.02. The standard InChI is InChI=1S/C16H21NOS/c1-16(2,12-18)15(13-7-4-3-5-8-13)17-11-14-9-6-10-19-14/h3-10,15,17-18H,11-12H2,1-2H3/t15-/m1/s1. The monoisotopic (exact) mass is 275 g/mol. The molecular weight excluding hydrogens is 254 g/mol. The molecule has 0 unspecified atom stereocenters. The van der Waals surface area contributed by atoms with E-state index in [2.05, 4.69) is 48.8 Å². The fourth-order valence-electron chi connectivity index (χ4n) is 2.20. The summed E-state index contributed by atoms with van der Waals surface area (Å²) >= 11 is 1.75. The van der Waals surface area contributed by atoms with Crippen LogP contribution in [0.1, 0.15) is 30.3 Å². The summed E-state index contributed by atoms with van der Waals surface area (Å²) in [5, 5.41) is 15.3. The topological polar surface area (TPSA) is 32.3 Å². The lowest BCUT2D eigenvalue weighted by atomic mass is 9.81. The average molecular weight is 275 g/mol. The molecule has 1 aromatic carbocycles. The molecule has 1 heterocycles. The maximum absolute atomic E-state index is 9.65. The molecule has 0 aliphatic rings. The lowest BCUT2D eigenvalue weighted by Crippen LogP contribution is -2.36. The van der Waals surface area contributed by atoms with E-state index in [-0.39, 0.29) is 18.1 Å². The van der Waals surface area contributed by atoms with E-state index in [1.165, 1.54) is 10.4 Å². The van der Waals surface area contributed by atoms with Crippen molar-refractivity contribution in [3.05, 3.63) is 58.3 Å². The van der Waals surface area contributed by atoms with Gasteiger partial charge in [-0.15, -0.1) is 11.3 Å². The normalized spacial score (nSPS) is 13.4. The minimum atomic E-state index is -0.196. The number of nitrogens with one attached hydrogen (secondary N) is 1. The Morgan fingerprint density at radius 1 is 1.16 bits per heavy atom. The van der Waals surface area contributed by atoms with Crippen LogP contribution in [-0.2, 0) is 6.54 Å². The first-order valence-corrected chi connectivity index (χ1v) is 7.43. The molecule has 19 heavy (non-hydrogen) atoms. The Morgan fingerprint density at radius 2 is 1.89 bits per heavy atom. The Bertz CT molecular complexity index is 479. The summed E-state index contributed by atoms with van der Waals surface area (Å²) in [6.07, 6.45) is 0. The molecule has 0 saturated carbocycles. The lowest BCUT2D eigenvalue weighted by molar-refractivity contribution is 0.115. The van der Waals surface area contributed by atoms with Gasteiger partial charge in [-0.25, -0.2) is 0 Å². The van der Waals surface area contributed by atoms with Crippen LogP contribution >= 0.6 is 11.3 Å². The second-order valence-electron chi connectivity index (χ2n) is 5.45. The fraction of sp³-hybridized carbons (Fsp3) is 0.375. The Morgan fingerprint density at radius 3 is 2.47 bits per heavy atom. The van der Waals surface area contributed by atoms with Crippen LogP contribution in [0, 0.1) is 5.41 Å². The van der Waals surface area contributed by atoms with Gasteiger partial charge in [-0.3, -0.25) is 0 Å².